The summed E-state index contributed by atoms with van der Waals surface area (Å²) in [4.78, 5) is 32.0. The van der Waals surface area contributed by atoms with E-state index < -0.39 is 17.7 Å². The number of aliphatic hydroxyl groups is 1. The zero-order chi connectivity index (χ0) is 24.2. The van der Waals surface area contributed by atoms with Gasteiger partial charge in [-0.2, -0.15) is 0 Å². The first-order valence-electron chi connectivity index (χ1n) is 11.0. The average Bonchev–Trinajstić information content (AvgIpc) is 3.08. The molecule has 2 heterocycles. The van der Waals surface area contributed by atoms with Crippen LogP contribution in [-0.2, 0) is 16.1 Å². The Kier molecular flexibility index (Phi) is 6.98. The zero-order valence-electron chi connectivity index (χ0n) is 18.9. The van der Waals surface area contributed by atoms with Crippen LogP contribution in [0.1, 0.15) is 36.7 Å². The second-order valence-corrected chi connectivity index (χ2v) is 8.97. The lowest BCUT2D eigenvalue weighted by Gasteiger charge is -2.25. The van der Waals surface area contributed by atoms with Gasteiger partial charge in [-0.25, -0.2) is 0 Å². The third-order valence-corrected chi connectivity index (χ3v) is 5.73. The summed E-state index contributed by atoms with van der Waals surface area (Å²) in [6.45, 7) is 4.72. The molecule has 2 aromatic carbocycles. The fourth-order valence-corrected chi connectivity index (χ4v) is 3.98. The molecule has 1 atom stereocenters. The number of aromatic nitrogens is 1. The maximum atomic E-state index is 13.2. The topological polar surface area (TPSA) is 79.7 Å². The third-order valence-electron chi connectivity index (χ3n) is 5.47. The molecule has 1 amide bonds. The highest BCUT2D eigenvalue weighted by Crippen LogP contribution is 2.40. The van der Waals surface area contributed by atoms with E-state index in [0.29, 0.717) is 40.1 Å². The predicted octanol–water partition coefficient (Wildman–Crippen LogP) is 5.39. The summed E-state index contributed by atoms with van der Waals surface area (Å²) in [5.74, 6) is -0.791. The molecule has 34 heavy (non-hydrogen) atoms. The van der Waals surface area contributed by atoms with Gasteiger partial charge in [-0.05, 0) is 47.9 Å². The summed E-state index contributed by atoms with van der Waals surface area (Å²) in [5.41, 5.74) is 1.71. The standard InChI is InChI=1S/C27H25ClN2O4/c1-17(2)16-34-22-8-5-6-19(14-22)25(31)23-24(18-9-11-20(28)12-10-18)30(27(33)26(23)32)15-21-7-3-4-13-29-21/h3-14,17,24,31H,15-16H2,1-2H3/b25-23-. The lowest BCUT2D eigenvalue weighted by Crippen LogP contribution is -2.29. The number of hydrogen-bond acceptors (Lipinski definition) is 5. The Morgan fingerprint density at radius 3 is 2.53 bits per heavy atom. The van der Waals surface area contributed by atoms with Crippen LogP contribution in [0.15, 0.2) is 78.5 Å². The molecule has 0 saturated carbocycles. The van der Waals surface area contributed by atoms with Crippen LogP contribution in [0, 0.1) is 5.92 Å². The third kappa shape index (κ3) is 4.97. The largest absolute Gasteiger partial charge is 0.507 e. The molecule has 1 saturated heterocycles. The number of aliphatic hydroxyl groups excluding tert-OH is 1. The smallest absolute Gasteiger partial charge is 0.296 e. The van der Waals surface area contributed by atoms with Crippen LogP contribution < -0.4 is 4.74 Å². The summed E-state index contributed by atoms with van der Waals surface area (Å²) in [7, 11) is 0. The van der Waals surface area contributed by atoms with Crippen LogP contribution in [0.4, 0.5) is 0 Å². The molecule has 0 spiro atoms. The number of amides is 1. The second kappa shape index (κ2) is 10.1. The number of nitrogens with zero attached hydrogens (tertiary/aromatic N) is 2. The van der Waals surface area contributed by atoms with Crippen molar-refractivity contribution in [2.75, 3.05) is 6.61 Å². The van der Waals surface area contributed by atoms with Crippen molar-refractivity contribution >= 4 is 29.1 Å². The molecule has 6 nitrogen and oxygen atoms in total. The van der Waals surface area contributed by atoms with Gasteiger partial charge >= 0.3 is 0 Å². The van der Waals surface area contributed by atoms with Crippen molar-refractivity contribution in [3.05, 3.63) is 100 Å². The van der Waals surface area contributed by atoms with E-state index in [-0.39, 0.29) is 17.9 Å². The van der Waals surface area contributed by atoms with Crippen LogP contribution in [-0.4, -0.2) is 33.3 Å². The average molecular weight is 477 g/mol. The first kappa shape index (κ1) is 23.5. The van der Waals surface area contributed by atoms with Crippen molar-refractivity contribution in [2.45, 2.75) is 26.4 Å². The van der Waals surface area contributed by atoms with Crippen molar-refractivity contribution in [2.24, 2.45) is 5.92 Å². The highest BCUT2D eigenvalue weighted by atomic mass is 35.5. The van der Waals surface area contributed by atoms with Crippen molar-refractivity contribution in [1.82, 2.24) is 9.88 Å². The molecule has 174 valence electrons. The van der Waals surface area contributed by atoms with Gasteiger partial charge in [-0.3, -0.25) is 14.6 Å². The zero-order valence-corrected chi connectivity index (χ0v) is 19.7. The number of hydrogen-bond donors (Lipinski definition) is 1. The van der Waals surface area contributed by atoms with E-state index in [1.165, 1.54) is 4.90 Å². The van der Waals surface area contributed by atoms with E-state index in [1.807, 2.05) is 19.9 Å². The molecule has 1 fully saturated rings. The van der Waals surface area contributed by atoms with Gasteiger partial charge in [0, 0.05) is 16.8 Å². The number of ketones is 1. The minimum atomic E-state index is -0.792. The van der Waals surface area contributed by atoms with Gasteiger partial charge in [0.2, 0.25) is 0 Å². The Balaban J connectivity index is 1.79. The van der Waals surface area contributed by atoms with E-state index in [4.69, 9.17) is 16.3 Å². The molecule has 1 aromatic heterocycles. The van der Waals surface area contributed by atoms with Gasteiger partial charge in [0.1, 0.15) is 11.5 Å². The molecule has 0 radical (unpaired) electrons. The first-order chi connectivity index (χ1) is 16.3. The molecular formula is C27H25ClN2O4. The first-order valence-corrected chi connectivity index (χ1v) is 11.4. The summed E-state index contributed by atoms with van der Waals surface area (Å²) in [6, 6.07) is 18.4. The van der Waals surface area contributed by atoms with Gasteiger partial charge < -0.3 is 14.7 Å². The molecule has 1 aliphatic rings. The molecule has 3 aromatic rings. The number of rotatable bonds is 7. The molecule has 1 N–H and O–H groups in total. The van der Waals surface area contributed by atoms with Gasteiger partial charge in [0.25, 0.3) is 11.7 Å². The number of Topliss-reactive ketones (excluding diaryl/α,β-unsaturated/α-hetero) is 1. The monoisotopic (exact) mass is 476 g/mol. The number of likely N-dealkylation sites (tertiary alicyclic amines) is 1. The van der Waals surface area contributed by atoms with Crippen LogP contribution in [0.5, 0.6) is 5.75 Å². The number of pyridine rings is 1. The SMILES string of the molecule is CC(C)COc1cccc(/C(O)=C2/C(=O)C(=O)N(Cc3ccccn3)C2c2ccc(Cl)cc2)c1. The molecule has 7 heteroatoms. The van der Waals surface area contributed by atoms with E-state index >= 15 is 0 Å². The van der Waals surface area contributed by atoms with Crippen molar-refractivity contribution in [1.29, 1.82) is 0 Å². The predicted molar refractivity (Wildman–Crippen MR) is 130 cm³/mol. The van der Waals surface area contributed by atoms with Crippen LogP contribution >= 0.6 is 11.6 Å². The van der Waals surface area contributed by atoms with E-state index in [9.17, 15) is 14.7 Å². The maximum absolute atomic E-state index is 13.2. The summed E-state index contributed by atoms with van der Waals surface area (Å²) in [6.07, 6.45) is 1.63. The van der Waals surface area contributed by atoms with Crippen molar-refractivity contribution in [3.8, 4) is 5.75 Å². The quantitative estimate of drug-likeness (QED) is 0.281. The number of benzene rings is 2. The van der Waals surface area contributed by atoms with Crippen LogP contribution in [0.25, 0.3) is 5.76 Å². The molecular weight excluding hydrogens is 452 g/mol. The van der Waals surface area contributed by atoms with Gasteiger partial charge in [0.05, 0.1) is 30.5 Å². The van der Waals surface area contributed by atoms with Gasteiger partial charge in [0.15, 0.2) is 0 Å². The maximum Gasteiger partial charge on any atom is 0.296 e. The van der Waals surface area contributed by atoms with Crippen molar-refractivity contribution < 1.29 is 19.4 Å². The Hall–Kier alpha value is -3.64. The second-order valence-electron chi connectivity index (χ2n) is 8.53. The Labute approximate surface area is 203 Å². The minimum Gasteiger partial charge on any atom is -0.507 e. The Morgan fingerprint density at radius 1 is 1.09 bits per heavy atom. The molecule has 1 unspecified atom stereocenters. The summed E-state index contributed by atoms with van der Waals surface area (Å²) in [5, 5.41) is 11.8. The van der Waals surface area contributed by atoms with Crippen molar-refractivity contribution in [3.63, 3.8) is 0 Å². The van der Waals surface area contributed by atoms with Gasteiger partial charge in [-0.1, -0.05) is 55.8 Å². The van der Waals surface area contributed by atoms with E-state index in [2.05, 4.69) is 4.98 Å². The number of ether oxygens (including phenoxy) is 1. The molecule has 0 aliphatic carbocycles. The van der Waals surface area contributed by atoms with Crippen LogP contribution in [0.2, 0.25) is 5.02 Å². The van der Waals surface area contributed by atoms with Crippen LogP contribution in [0.3, 0.4) is 0 Å². The fourth-order valence-electron chi connectivity index (χ4n) is 3.85. The summed E-state index contributed by atoms with van der Waals surface area (Å²) >= 11 is 6.07. The minimum absolute atomic E-state index is 0.0178. The number of carbonyl (C=O) groups is 2. The molecule has 0 bridgehead atoms. The van der Waals surface area contributed by atoms with Gasteiger partial charge in [-0.15, -0.1) is 0 Å². The Bertz CT molecular complexity index is 1220. The lowest BCUT2D eigenvalue weighted by molar-refractivity contribution is -0.140. The Morgan fingerprint density at radius 2 is 1.85 bits per heavy atom. The number of carbonyl (C=O) groups excluding carboxylic acids is 2. The lowest BCUT2D eigenvalue weighted by atomic mass is 9.95. The van der Waals surface area contributed by atoms with E-state index in [0.717, 1.165) is 0 Å². The normalized spacial score (nSPS) is 17.4. The molecule has 4 rings (SSSR count). The highest BCUT2D eigenvalue weighted by Gasteiger charge is 2.46. The highest BCUT2D eigenvalue weighted by molar-refractivity contribution is 6.46. The van der Waals surface area contributed by atoms with E-state index in [1.54, 1.807) is 66.9 Å². The molecule has 1 aliphatic heterocycles. The fraction of sp³-hybridized carbons (Fsp3) is 0.222. The summed E-state index contributed by atoms with van der Waals surface area (Å²) < 4.78 is 5.77. The number of halogens is 1.